The van der Waals surface area contributed by atoms with Crippen molar-refractivity contribution in [3.63, 3.8) is 0 Å². The molecule has 0 radical (unpaired) electrons. The van der Waals surface area contributed by atoms with Gasteiger partial charge in [-0.3, -0.25) is 0 Å². The van der Waals surface area contributed by atoms with Gasteiger partial charge in [0.15, 0.2) is 0 Å². The van der Waals surface area contributed by atoms with E-state index in [2.05, 4.69) is 11.9 Å². The molecular weight excluding hydrogens is 280 g/mol. The molecule has 0 saturated carbocycles. The van der Waals surface area contributed by atoms with Crippen LogP contribution in [0.1, 0.15) is 25.1 Å². The maximum Gasteiger partial charge on any atom is 0.244 e. The van der Waals surface area contributed by atoms with Crippen molar-refractivity contribution in [1.29, 1.82) is 0 Å². The van der Waals surface area contributed by atoms with Gasteiger partial charge in [-0.2, -0.15) is 4.31 Å². The van der Waals surface area contributed by atoms with Gasteiger partial charge in [0.05, 0.1) is 4.90 Å². The topological polar surface area (TPSA) is 49.4 Å². The summed E-state index contributed by atoms with van der Waals surface area (Å²) in [5, 5.41) is 5.00. The fourth-order valence-corrected chi connectivity index (χ4v) is 4.66. The smallest absolute Gasteiger partial charge is 0.244 e. The number of thiophene rings is 1. The summed E-state index contributed by atoms with van der Waals surface area (Å²) in [7, 11) is -3.41. The van der Waals surface area contributed by atoms with Crippen molar-refractivity contribution in [2.24, 2.45) is 0 Å². The quantitative estimate of drug-likeness (QED) is 0.713. The van der Waals surface area contributed by atoms with Crippen LogP contribution in [0.25, 0.3) is 0 Å². The second kappa shape index (κ2) is 7.79. The molecule has 0 fully saturated rings. The molecule has 19 heavy (non-hydrogen) atoms. The van der Waals surface area contributed by atoms with E-state index in [1.54, 1.807) is 12.1 Å². The van der Waals surface area contributed by atoms with E-state index >= 15 is 0 Å². The first kappa shape index (κ1) is 16.4. The fourth-order valence-electron chi connectivity index (χ4n) is 1.77. The van der Waals surface area contributed by atoms with Crippen LogP contribution < -0.4 is 5.32 Å². The molecule has 1 aromatic rings. The van der Waals surface area contributed by atoms with E-state index in [1.165, 1.54) is 15.6 Å². The van der Waals surface area contributed by atoms with Gasteiger partial charge in [-0.15, -0.1) is 17.9 Å². The first-order valence-electron chi connectivity index (χ1n) is 6.46. The van der Waals surface area contributed by atoms with Gasteiger partial charge in [0.1, 0.15) is 0 Å². The number of sulfonamides is 1. The lowest BCUT2D eigenvalue weighted by Gasteiger charge is -2.20. The molecule has 0 spiro atoms. The molecular formula is C13H22N2O2S2. The molecule has 1 aromatic heterocycles. The predicted molar refractivity (Wildman–Crippen MR) is 80.9 cm³/mol. The van der Waals surface area contributed by atoms with Crippen molar-refractivity contribution >= 4 is 21.4 Å². The zero-order valence-electron chi connectivity index (χ0n) is 11.6. The second-order valence-corrected chi connectivity index (χ2v) is 7.05. The Balaban J connectivity index is 3.03. The lowest BCUT2D eigenvalue weighted by atomic mass is 10.4. The molecule has 0 aromatic carbocycles. The monoisotopic (exact) mass is 302 g/mol. The molecule has 0 atom stereocenters. The number of rotatable bonds is 9. The Morgan fingerprint density at radius 3 is 2.79 bits per heavy atom. The third-order valence-corrected chi connectivity index (χ3v) is 5.66. The largest absolute Gasteiger partial charge is 0.312 e. The molecule has 0 aliphatic carbocycles. The van der Waals surface area contributed by atoms with Crippen molar-refractivity contribution in [2.75, 3.05) is 19.6 Å². The fraction of sp³-hybridized carbons (Fsp3) is 0.538. The van der Waals surface area contributed by atoms with Gasteiger partial charge in [-0.25, -0.2) is 8.42 Å². The highest BCUT2D eigenvalue weighted by Gasteiger charge is 2.26. The molecule has 108 valence electrons. The standard InChI is InChI=1S/C13H22N2O2S2/c1-4-8-15(9-5-2)19(16,17)13-7-10-18-12(13)11-14-6-3/h4,7,10,14H,1,5-6,8-9,11H2,2-3H3. The summed E-state index contributed by atoms with van der Waals surface area (Å²) in [6.45, 7) is 9.90. The average molecular weight is 302 g/mol. The van der Waals surface area contributed by atoms with Crippen molar-refractivity contribution < 1.29 is 8.42 Å². The van der Waals surface area contributed by atoms with E-state index in [-0.39, 0.29) is 0 Å². The van der Waals surface area contributed by atoms with Crippen LogP contribution in [0.15, 0.2) is 29.0 Å². The molecule has 4 nitrogen and oxygen atoms in total. The zero-order valence-corrected chi connectivity index (χ0v) is 13.2. The molecule has 0 unspecified atom stereocenters. The highest BCUT2D eigenvalue weighted by atomic mass is 32.2. The van der Waals surface area contributed by atoms with Crippen LogP contribution in [0, 0.1) is 0 Å². The van der Waals surface area contributed by atoms with Crippen LogP contribution in [-0.4, -0.2) is 32.4 Å². The lowest BCUT2D eigenvalue weighted by molar-refractivity contribution is 0.441. The summed E-state index contributed by atoms with van der Waals surface area (Å²) in [5.41, 5.74) is 0. The minimum absolute atomic E-state index is 0.354. The molecule has 0 aliphatic rings. The highest BCUT2D eigenvalue weighted by Crippen LogP contribution is 2.25. The number of nitrogens with one attached hydrogen (secondary N) is 1. The summed E-state index contributed by atoms with van der Waals surface area (Å²) in [6.07, 6.45) is 2.42. The minimum Gasteiger partial charge on any atom is -0.312 e. The normalized spacial score (nSPS) is 11.9. The Morgan fingerprint density at radius 2 is 2.21 bits per heavy atom. The van der Waals surface area contributed by atoms with Crippen LogP contribution in [0.4, 0.5) is 0 Å². The second-order valence-electron chi connectivity index (χ2n) is 4.14. The highest BCUT2D eigenvalue weighted by molar-refractivity contribution is 7.89. The van der Waals surface area contributed by atoms with Crippen LogP contribution in [0.5, 0.6) is 0 Å². The maximum absolute atomic E-state index is 12.6. The van der Waals surface area contributed by atoms with Crippen molar-refractivity contribution in [1.82, 2.24) is 9.62 Å². The van der Waals surface area contributed by atoms with E-state index in [0.29, 0.717) is 24.5 Å². The third-order valence-electron chi connectivity index (χ3n) is 2.66. The summed E-state index contributed by atoms with van der Waals surface area (Å²) < 4.78 is 26.7. The summed E-state index contributed by atoms with van der Waals surface area (Å²) >= 11 is 1.48. The number of nitrogens with zero attached hydrogens (tertiary/aromatic N) is 1. The predicted octanol–water partition coefficient (Wildman–Crippen LogP) is 2.44. The number of hydrogen-bond donors (Lipinski definition) is 1. The molecule has 0 aliphatic heterocycles. The van der Waals surface area contributed by atoms with E-state index < -0.39 is 10.0 Å². The zero-order chi connectivity index (χ0) is 14.3. The molecule has 1 rings (SSSR count). The number of hydrogen-bond acceptors (Lipinski definition) is 4. The average Bonchev–Trinajstić information content (AvgIpc) is 2.85. The third kappa shape index (κ3) is 4.14. The van der Waals surface area contributed by atoms with Crippen LogP contribution in [-0.2, 0) is 16.6 Å². The Bertz CT molecular complexity index is 494. The summed E-state index contributed by atoms with van der Waals surface area (Å²) in [4.78, 5) is 1.29. The first-order valence-corrected chi connectivity index (χ1v) is 8.78. The van der Waals surface area contributed by atoms with Crippen molar-refractivity contribution in [2.45, 2.75) is 31.7 Å². The van der Waals surface area contributed by atoms with E-state index in [0.717, 1.165) is 17.8 Å². The first-order chi connectivity index (χ1) is 9.07. The molecule has 0 amide bonds. The van der Waals surface area contributed by atoms with Crippen LogP contribution in [0.3, 0.4) is 0 Å². The van der Waals surface area contributed by atoms with Crippen molar-refractivity contribution in [3.8, 4) is 0 Å². The van der Waals surface area contributed by atoms with Gasteiger partial charge < -0.3 is 5.32 Å². The summed E-state index contributed by atoms with van der Waals surface area (Å²) in [6, 6.07) is 1.69. The van der Waals surface area contributed by atoms with Gasteiger partial charge in [0, 0.05) is 24.5 Å². The van der Waals surface area contributed by atoms with Gasteiger partial charge >= 0.3 is 0 Å². The van der Waals surface area contributed by atoms with Gasteiger partial charge in [-0.1, -0.05) is 19.9 Å². The Hall–Kier alpha value is -0.690. The Morgan fingerprint density at radius 1 is 1.47 bits per heavy atom. The van der Waals surface area contributed by atoms with Gasteiger partial charge in [0.2, 0.25) is 10.0 Å². The molecule has 6 heteroatoms. The minimum atomic E-state index is -3.41. The van der Waals surface area contributed by atoms with Crippen LogP contribution in [0.2, 0.25) is 0 Å². The Kier molecular flexibility index (Phi) is 6.71. The Labute approximate surface area is 120 Å². The van der Waals surface area contributed by atoms with Gasteiger partial charge in [-0.05, 0) is 24.4 Å². The van der Waals surface area contributed by atoms with E-state index in [1.807, 2.05) is 19.2 Å². The SMILES string of the molecule is C=CCN(CCC)S(=O)(=O)c1ccsc1CNCC. The summed E-state index contributed by atoms with van der Waals surface area (Å²) in [5.74, 6) is 0. The maximum atomic E-state index is 12.6. The van der Waals surface area contributed by atoms with Gasteiger partial charge in [0.25, 0.3) is 0 Å². The van der Waals surface area contributed by atoms with E-state index in [9.17, 15) is 8.42 Å². The van der Waals surface area contributed by atoms with Crippen LogP contribution >= 0.6 is 11.3 Å². The molecule has 0 bridgehead atoms. The lowest BCUT2D eigenvalue weighted by Crippen LogP contribution is -2.32. The molecule has 1 N–H and O–H groups in total. The van der Waals surface area contributed by atoms with E-state index in [4.69, 9.17) is 0 Å². The molecule has 1 heterocycles. The molecule has 0 saturated heterocycles. The van der Waals surface area contributed by atoms with Crippen molar-refractivity contribution in [3.05, 3.63) is 29.0 Å².